The van der Waals surface area contributed by atoms with E-state index in [2.05, 4.69) is 0 Å². The summed E-state index contributed by atoms with van der Waals surface area (Å²) in [4.78, 5) is 37.8. The van der Waals surface area contributed by atoms with Gasteiger partial charge >= 0.3 is 11.9 Å². The third-order valence-electron chi connectivity index (χ3n) is 4.72. The van der Waals surface area contributed by atoms with Crippen LogP contribution in [0.25, 0.3) is 0 Å². The Kier molecular flexibility index (Phi) is 3.80. The number of fused-ring (bicyclic) bond motifs is 2. The smallest absolute Gasteiger partial charge is 0.337 e. The Bertz CT molecular complexity index is 750. The minimum atomic E-state index is -1.51. The van der Waals surface area contributed by atoms with E-state index in [4.69, 9.17) is 14.2 Å². The van der Waals surface area contributed by atoms with E-state index in [1.165, 1.54) is 14.2 Å². The quantitative estimate of drug-likeness (QED) is 0.619. The first kappa shape index (κ1) is 16.4. The second-order valence-electron chi connectivity index (χ2n) is 6.09. The largest absolute Gasteiger partial charge is 0.466 e. The molecule has 6 nitrogen and oxygen atoms in total. The highest BCUT2D eigenvalue weighted by atomic mass is 16.6. The maximum Gasteiger partial charge on any atom is 0.337 e. The molecule has 2 aliphatic heterocycles. The van der Waals surface area contributed by atoms with Crippen LogP contribution in [0.4, 0.5) is 0 Å². The van der Waals surface area contributed by atoms with Crippen molar-refractivity contribution in [1.29, 1.82) is 0 Å². The molecule has 1 fully saturated rings. The number of rotatable bonds is 4. The summed E-state index contributed by atoms with van der Waals surface area (Å²) >= 11 is 0. The predicted molar refractivity (Wildman–Crippen MR) is 83.3 cm³/mol. The molecule has 2 atom stereocenters. The van der Waals surface area contributed by atoms with Gasteiger partial charge in [0.25, 0.3) is 0 Å². The van der Waals surface area contributed by atoms with Gasteiger partial charge in [0.15, 0.2) is 11.4 Å². The second-order valence-corrected chi connectivity index (χ2v) is 6.09. The van der Waals surface area contributed by atoms with Crippen molar-refractivity contribution in [3.8, 4) is 0 Å². The van der Waals surface area contributed by atoms with Crippen molar-refractivity contribution >= 4 is 17.7 Å². The Morgan fingerprint density at radius 3 is 2.12 bits per heavy atom. The molecule has 0 N–H and O–H groups in total. The summed E-state index contributed by atoms with van der Waals surface area (Å²) in [5.74, 6) is -1.78. The van der Waals surface area contributed by atoms with Crippen LogP contribution in [0.3, 0.4) is 0 Å². The van der Waals surface area contributed by atoms with E-state index in [0.717, 1.165) is 0 Å². The average molecular weight is 330 g/mol. The molecule has 0 saturated carbocycles. The Morgan fingerprint density at radius 1 is 0.958 bits per heavy atom. The SMILES string of the molecule is COC(=O)C1=C(C(=O)OC)[C@@]2(C)CC[C@]1(C(=O)c1ccccc1)O2. The van der Waals surface area contributed by atoms with Gasteiger partial charge in [0.1, 0.15) is 5.60 Å². The minimum absolute atomic E-state index is 0.0422. The maximum absolute atomic E-state index is 13.1. The monoisotopic (exact) mass is 330 g/mol. The van der Waals surface area contributed by atoms with E-state index in [0.29, 0.717) is 18.4 Å². The molecule has 0 amide bonds. The van der Waals surface area contributed by atoms with Crippen LogP contribution in [-0.2, 0) is 23.8 Å². The lowest BCUT2D eigenvalue weighted by Crippen LogP contribution is -2.42. The van der Waals surface area contributed by atoms with Crippen LogP contribution in [0.15, 0.2) is 41.5 Å². The lowest BCUT2D eigenvalue weighted by atomic mass is 9.74. The van der Waals surface area contributed by atoms with Gasteiger partial charge in [-0.1, -0.05) is 30.3 Å². The topological polar surface area (TPSA) is 78.9 Å². The Labute approximate surface area is 139 Å². The Balaban J connectivity index is 2.20. The van der Waals surface area contributed by atoms with Crippen molar-refractivity contribution in [3.05, 3.63) is 47.0 Å². The highest BCUT2D eigenvalue weighted by molar-refractivity contribution is 6.16. The number of benzene rings is 1. The zero-order valence-electron chi connectivity index (χ0n) is 13.8. The molecule has 2 bridgehead atoms. The minimum Gasteiger partial charge on any atom is -0.466 e. The van der Waals surface area contributed by atoms with E-state index in [1.807, 2.05) is 0 Å². The fourth-order valence-electron chi connectivity index (χ4n) is 3.60. The van der Waals surface area contributed by atoms with E-state index in [9.17, 15) is 14.4 Å². The normalized spacial score (nSPS) is 28.0. The summed E-state index contributed by atoms with van der Waals surface area (Å²) in [6.45, 7) is 1.69. The van der Waals surface area contributed by atoms with Gasteiger partial charge in [-0.15, -0.1) is 0 Å². The number of hydrogen-bond donors (Lipinski definition) is 0. The number of ether oxygens (including phenoxy) is 3. The molecule has 126 valence electrons. The summed E-state index contributed by atoms with van der Waals surface area (Å²) in [6, 6.07) is 8.56. The molecule has 0 aliphatic carbocycles. The highest BCUT2D eigenvalue weighted by Crippen LogP contribution is 2.55. The summed E-state index contributed by atoms with van der Waals surface area (Å²) in [5.41, 5.74) is -2.10. The molecule has 1 saturated heterocycles. The fraction of sp³-hybridized carbons (Fsp3) is 0.389. The molecule has 0 unspecified atom stereocenters. The molecule has 0 spiro atoms. The molecule has 1 aromatic rings. The van der Waals surface area contributed by atoms with E-state index in [-0.39, 0.29) is 16.9 Å². The van der Waals surface area contributed by atoms with Crippen LogP contribution in [0.5, 0.6) is 0 Å². The molecule has 1 aromatic carbocycles. The lowest BCUT2D eigenvalue weighted by molar-refractivity contribution is -0.140. The predicted octanol–water partition coefficient (Wildman–Crippen LogP) is 1.83. The number of Topliss-reactive ketones (excluding diaryl/α,β-unsaturated/α-hetero) is 1. The molecular weight excluding hydrogens is 312 g/mol. The van der Waals surface area contributed by atoms with Gasteiger partial charge in [-0.25, -0.2) is 9.59 Å². The first-order valence-electron chi connectivity index (χ1n) is 7.61. The highest BCUT2D eigenvalue weighted by Gasteiger charge is 2.66. The molecule has 24 heavy (non-hydrogen) atoms. The number of ketones is 1. The van der Waals surface area contributed by atoms with Crippen molar-refractivity contribution in [2.75, 3.05) is 14.2 Å². The summed E-state index contributed by atoms with van der Waals surface area (Å²) < 4.78 is 15.7. The van der Waals surface area contributed by atoms with Crippen molar-refractivity contribution < 1.29 is 28.6 Å². The molecule has 0 radical (unpaired) electrons. The second kappa shape index (κ2) is 5.56. The summed E-state index contributed by atoms with van der Waals surface area (Å²) in [7, 11) is 2.44. The molecule has 2 heterocycles. The van der Waals surface area contributed by atoms with Gasteiger partial charge < -0.3 is 14.2 Å². The van der Waals surface area contributed by atoms with Gasteiger partial charge in [0.2, 0.25) is 0 Å². The summed E-state index contributed by atoms with van der Waals surface area (Å²) in [6.07, 6.45) is 0.749. The van der Waals surface area contributed by atoms with E-state index in [1.54, 1.807) is 37.3 Å². The van der Waals surface area contributed by atoms with Gasteiger partial charge in [-0.05, 0) is 19.8 Å². The van der Waals surface area contributed by atoms with E-state index < -0.39 is 23.1 Å². The molecule has 0 aromatic heterocycles. The van der Waals surface area contributed by atoms with Crippen LogP contribution in [0, 0.1) is 0 Å². The van der Waals surface area contributed by atoms with Crippen molar-refractivity contribution in [1.82, 2.24) is 0 Å². The van der Waals surface area contributed by atoms with Crippen LogP contribution >= 0.6 is 0 Å². The van der Waals surface area contributed by atoms with Crippen molar-refractivity contribution in [2.45, 2.75) is 31.0 Å². The number of methoxy groups -OCH3 is 2. The summed E-state index contributed by atoms with van der Waals surface area (Å²) in [5, 5.41) is 0. The van der Waals surface area contributed by atoms with Gasteiger partial charge in [0.05, 0.1) is 25.4 Å². The van der Waals surface area contributed by atoms with Crippen LogP contribution in [0.1, 0.15) is 30.1 Å². The maximum atomic E-state index is 13.1. The van der Waals surface area contributed by atoms with Crippen molar-refractivity contribution in [2.24, 2.45) is 0 Å². The molecule has 3 rings (SSSR count). The zero-order valence-corrected chi connectivity index (χ0v) is 13.8. The first-order valence-corrected chi connectivity index (χ1v) is 7.61. The van der Waals surface area contributed by atoms with Crippen LogP contribution < -0.4 is 0 Å². The van der Waals surface area contributed by atoms with Crippen molar-refractivity contribution in [3.63, 3.8) is 0 Å². The Morgan fingerprint density at radius 2 is 1.54 bits per heavy atom. The lowest BCUT2D eigenvalue weighted by Gasteiger charge is -2.26. The first-order chi connectivity index (χ1) is 11.4. The standard InChI is InChI=1S/C18H18O6/c1-17-9-10-18(24-17,14(19)11-7-5-4-6-8-11)13(16(21)23-3)12(17)15(20)22-2/h4-8H,9-10H2,1-3H3/t17-,18+/m1/s1. The molecule has 2 aliphatic rings. The fourth-order valence-corrected chi connectivity index (χ4v) is 3.60. The van der Waals surface area contributed by atoms with Crippen LogP contribution in [-0.4, -0.2) is 43.1 Å². The van der Waals surface area contributed by atoms with Gasteiger partial charge in [0, 0.05) is 5.56 Å². The number of carbonyl (C=O) groups is 3. The molecular formula is C18H18O6. The Hall–Kier alpha value is -2.47. The average Bonchev–Trinajstić information content (AvgIpc) is 3.10. The van der Waals surface area contributed by atoms with E-state index >= 15 is 0 Å². The number of carbonyl (C=O) groups excluding carboxylic acids is 3. The number of hydrogen-bond acceptors (Lipinski definition) is 6. The zero-order chi connectivity index (χ0) is 17.5. The van der Waals surface area contributed by atoms with Gasteiger partial charge in [-0.3, -0.25) is 4.79 Å². The van der Waals surface area contributed by atoms with Gasteiger partial charge in [-0.2, -0.15) is 0 Å². The third-order valence-corrected chi connectivity index (χ3v) is 4.72. The number of esters is 2. The van der Waals surface area contributed by atoms with Crippen LogP contribution in [0.2, 0.25) is 0 Å². The molecule has 6 heteroatoms. The third kappa shape index (κ3) is 2.10.